The summed E-state index contributed by atoms with van der Waals surface area (Å²) >= 11 is 6.24. The van der Waals surface area contributed by atoms with Crippen LogP contribution >= 0.6 is 11.6 Å². The van der Waals surface area contributed by atoms with Gasteiger partial charge in [-0.15, -0.1) is 0 Å². The van der Waals surface area contributed by atoms with Gasteiger partial charge in [0, 0.05) is 17.6 Å². The van der Waals surface area contributed by atoms with Crippen molar-refractivity contribution in [1.29, 1.82) is 0 Å². The molecule has 2 aromatic rings. The summed E-state index contributed by atoms with van der Waals surface area (Å²) in [6.45, 7) is 4.94. The monoisotopic (exact) mass is 289 g/mol. The Kier molecular flexibility index (Phi) is 5.05. The second kappa shape index (κ2) is 6.78. The number of methoxy groups -OCH3 is 1. The zero-order valence-corrected chi connectivity index (χ0v) is 12.9. The molecule has 0 bridgehead atoms. The van der Waals surface area contributed by atoms with Crippen LogP contribution in [0.25, 0.3) is 0 Å². The minimum atomic E-state index is 0.262. The molecule has 0 heterocycles. The molecule has 0 saturated heterocycles. The SMILES string of the molecule is COc1ccc(C(C)NCc2ccc(C)cc2Cl)cc1. The highest BCUT2D eigenvalue weighted by atomic mass is 35.5. The lowest BCUT2D eigenvalue weighted by Gasteiger charge is -2.15. The molecule has 1 N–H and O–H groups in total. The largest absolute Gasteiger partial charge is 0.497 e. The van der Waals surface area contributed by atoms with E-state index < -0.39 is 0 Å². The molecule has 0 spiro atoms. The normalized spacial score (nSPS) is 12.2. The molecule has 1 unspecified atom stereocenters. The van der Waals surface area contributed by atoms with Gasteiger partial charge in [-0.2, -0.15) is 0 Å². The average molecular weight is 290 g/mol. The molecule has 0 aliphatic heterocycles. The van der Waals surface area contributed by atoms with Gasteiger partial charge in [0.15, 0.2) is 0 Å². The van der Waals surface area contributed by atoms with Crippen LogP contribution in [-0.4, -0.2) is 7.11 Å². The Morgan fingerprint density at radius 1 is 1.15 bits per heavy atom. The molecule has 0 fully saturated rings. The maximum absolute atomic E-state index is 6.24. The van der Waals surface area contributed by atoms with Gasteiger partial charge in [-0.1, -0.05) is 35.9 Å². The quantitative estimate of drug-likeness (QED) is 0.874. The molecule has 20 heavy (non-hydrogen) atoms. The summed E-state index contributed by atoms with van der Waals surface area (Å²) in [5, 5.41) is 4.31. The first-order valence-electron chi connectivity index (χ1n) is 6.72. The molecule has 3 heteroatoms. The summed E-state index contributed by atoms with van der Waals surface area (Å²) in [4.78, 5) is 0. The first-order valence-corrected chi connectivity index (χ1v) is 7.10. The van der Waals surface area contributed by atoms with E-state index in [0.29, 0.717) is 0 Å². The lowest BCUT2D eigenvalue weighted by Crippen LogP contribution is -2.18. The summed E-state index contributed by atoms with van der Waals surface area (Å²) in [5.74, 6) is 0.877. The first kappa shape index (κ1) is 14.9. The third-order valence-electron chi connectivity index (χ3n) is 3.42. The van der Waals surface area contributed by atoms with Crippen LogP contribution in [0, 0.1) is 6.92 Å². The predicted molar refractivity (Wildman–Crippen MR) is 84.4 cm³/mol. The standard InChI is InChI=1S/C17H20ClNO/c1-12-4-5-15(17(18)10-12)11-19-13(2)14-6-8-16(20-3)9-7-14/h4-10,13,19H,11H2,1-3H3. The topological polar surface area (TPSA) is 21.3 Å². The molecule has 2 aromatic carbocycles. The zero-order valence-electron chi connectivity index (χ0n) is 12.1. The van der Waals surface area contributed by atoms with Crippen LogP contribution in [-0.2, 0) is 6.54 Å². The van der Waals surface area contributed by atoms with E-state index in [4.69, 9.17) is 16.3 Å². The van der Waals surface area contributed by atoms with Crippen molar-refractivity contribution in [3.05, 3.63) is 64.2 Å². The number of hydrogen-bond donors (Lipinski definition) is 1. The maximum atomic E-state index is 6.24. The number of hydrogen-bond acceptors (Lipinski definition) is 2. The van der Waals surface area contributed by atoms with E-state index >= 15 is 0 Å². The molecule has 0 amide bonds. The molecule has 0 saturated carbocycles. The highest BCUT2D eigenvalue weighted by Gasteiger charge is 2.06. The van der Waals surface area contributed by atoms with Crippen molar-refractivity contribution in [2.45, 2.75) is 26.4 Å². The highest BCUT2D eigenvalue weighted by Crippen LogP contribution is 2.20. The smallest absolute Gasteiger partial charge is 0.118 e. The molecule has 0 radical (unpaired) electrons. The van der Waals surface area contributed by atoms with E-state index in [2.05, 4.69) is 36.5 Å². The second-order valence-corrected chi connectivity index (χ2v) is 5.38. The number of benzene rings is 2. The van der Waals surface area contributed by atoms with Gasteiger partial charge in [0.25, 0.3) is 0 Å². The molecule has 0 aliphatic rings. The van der Waals surface area contributed by atoms with Gasteiger partial charge >= 0.3 is 0 Å². The lowest BCUT2D eigenvalue weighted by atomic mass is 10.1. The first-order chi connectivity index (χ1) is 9.60. The number of halogens is 1. The Morgan fingerprint density at radius 2 is 1.85 bits per heavy atom. The average Bonchev–Trinajstić information content (AvgIpc) is 2.46. The van der Waals surface area contributed by atoms with Crippen LogP contribution in [0.5, 0.6) is 5.75 Å². The maximum Gasteiger partial charge on any atom is 0.118 e. The van der Waals surface area contributed by atoms with E-state index in [1.807, 2.05) is 25.1 Å². The van der Waals surface area contributed by atoms with Crippen molar-refractivity contribution in [1.82, 2.24) is 5.32 Å². The third-order valence-corrected chi connectivity index (χ3v) is 3.77. The van der Waals surface area contributed by atoms with Gasteiger partial charge < -0.3 is 10.1 Å². The minimum Gasteiger partial charge on any atom is -0.497 e. The highest BCUT2D eigenvalue weighted by molar-refractivity contribution is 6.31. The van der Waals surface area contributed by atoms with Crippen LogP contribution in [0.1, 0.15) is 29.7 Å². The van der Waals surface area contributed by atoms with Crippen molar-refractivity contribution in [2.24, 2.45) is 0 Å². The van der Waals surface area contributed by atoms with E-state index in [-0.39, 0.29) is 6.04 Å². The van der Waals surface area contributed by atoms with Gasteiger partial charge in [0.2, 0.25) is 0 Å². The van der Waals surface area contributed by atoms with Crippen molar-refractivity contribution >= 4 is 11.6 Å². The molecule has 1 atom stereocenters. The van der Waals surface area contributed by atoms with E-state index in [0.717, 1.165) is 22.9 Å². The summed E-state index contributed by atoms with van der Waals surface area (Å²) in [6, 6.07) is 14.5. The summed E-state index contributed by atoms with van der Waals surface area (Å²) in [7, 11) is 1.68. The van der Waals surface area contributed by atoms with Crippen molar-refractivity contribution in [2.75, 3.05) is 7.11 Å². The van der Waals surface area contributed by atoms with E-state index in [1.54, 1.807) is 7.11 Å². The van der Waals surface area contributed by atoms with Crippen LogP contribution < -0.4 is 10.1 Å². The summed E-state index contributed by atoms with van der Waals surface area (Å²) in [6.07, 6.45) is 0. The zero-order chi connectivity index (χ0) is 14.5. The van der Waals surface area contributed by atoms with Crippen LogP contribution in [0.3, 0.4) is 0 Å². The number of aryl methyl sites for hydroxylation is 1. The fourth-order valence-electron chi connectivity index (χ4n) is 2.07. The Bertz CT molecular complexity index is 566. The molecular weight excluding hydrogens is 270 g/mol. The Labute approximate surface area is 125 Å². The fraction of sp³-hybridized carbons (Fsp3) is 0.294. The van der Waals surface area contributed by atoms with Crippen LogP contribution in [0.15, 0.2) is 42.5 Å². The molecule has 0 aromatic heterocycles. The third kappa shape index (κ3) is 3.75. The van der Waals surface area contributed by atoms with E-state index in [9.17, 15) is 0 Å². The number of nitrogens with one attached hydrogen (secondary N) is 1. The molecular formula is C17H20ClNO. The van der Waals surface area contributed by atoms with Gasteiger partial charge in [-0.05, 0) is 48.7 Å². The van der Waals surface area contributed by atoms with E-state index in [1.165, 1.54) is 11.1 Å². The second-order valence-electron chi connectivity index (χ2n) is 4.97. The van der Waals surface area contributed by atoms with Crippen molar-refractivity contribution < 1.29 is 4.74 Å². The van der Waals surface area contributed by atoms with Gasteiger partial charge in [0.1, 0.15) is 5.75 Å². The molecule has 106 valence electrons. The molecule has 0 aliphatic carbocycles. The minimum absolute atomic E-state index is 0.262. The van der Waals surface area contributed by atoms with Gasteiger partial charge in [-0.25, -0.2) is 0 Å². The number of rotatable bonds is 5. The lowest BCUT2D eigenvalue weighted by molar-refractivity contribution is 0.414. The van der Waals surface area contributed by atoms with Crippen molar-refractivity contribution in [3.63, 3.8) is 0 Å². The summed E-state index contributed by atoms with van der Waals surface area (Å²) < 4.78 is 5.17. The fourth-order valence-corrected chi connectivity index (χ4v) is 2.37. The predicted octanol–water partition coefficient (Wildman–Crippen LogP) is 4.51. The Hall–Kier alpha value is -1.51. The van der Waals surface area contributed by atoms with Crippen LogP contribution in [0.2, 0.25) is 5.02 Å². The summed E-state index contributed by atoms with van der Waals surface area (Å²) in [5.41, 5.74) is 3.54. The van der Waals surface area contributed by atoms with Crippen LogP contribution in [0.4, 0.5) is 0 Å². The molecule has 2 rings (SSSR count). The Balaban J connectivity index is 1.98. The van der Waals surface area contributed by atoms with Crippen molar-refractivity contribution in [3.8, 4) is 5.75 Å². The number of ether oxygens (including phenoxy) is 1. The van der Waals surface area contributed by atoms with Gasteiger partial charge in [-0.3, -0.25) is 0 Å². The van der Waals surface area contributed by atoms with Gasteiger partial charge in [0.05, 0.1) is 7.11 Å². The molecule has 2 nitrogen and oxygen atoms in total. The Morgan fingerprint density at radius 3 is 2.45 bits per heavy atom.